The molecule has 0 fully saturated rings. The first-order valence-electron chi connectivity index (χ1n) is 10.9. The molecule has 178 valence electrons. The van der Waals surface area contributed by atoms with E-state index in [1.54, 1.807) is 24.3 Å². The molecule has 3 aromatic carbocycles. The number of para-hydroxylation sites is 1. The molecule has 3 rings (SSSR count). The van der Waals surface area contributed by atoms with E-state index in [-0.39, 0.29) is 25.0 Å². The molecular weight excluding hydrogens is 450 g/mol. The molecule has 0 aromatic heterocycles. The first kappa shape index (κ1) is 25.1. The maximum Gasteiger partial charge on any atom is 0.253 e. The normalized spacial score (nSPS) is 12.2. The lowest BCUT2D eigenvalue weighted by molar-refractivity contribution is -0.116. The van der Waals surface area contributed by atoms with Crippen LogP contribution in [0.25, 0.3) is 0 Å². The number of anilines is 1. The number of hydrogen-bond acceptors (Lipinski definition) is 4. The summed E-state index contributed by atoms with van der Waals surface area (Å²) < 4.78 is 25.7. The second-order valence-electron chi connectivity index (χ2n) is 8.22. The van der Waals surface area contributed by atoms with E-state index in [2.05, 4.69) is 10.6 Å². The summed E-state index contributed by atoms with van der Waals surface area (Å²) in [6, 6.07) is 23.4. The van der Waals surface area contributed by atoms with Crippen LogP contribution in [-0.4, -0.2) is 37.3 Å². The standard InChI is InChI=1S/C26H29N3O4S/c1-19-13-15-21(16-14-19)17-29(34(3,32)33)18-25(30)28-24-12-8-7-11-23(24)26(31)27-20(2)22-9-5-4-6-10-22/h4-16,20H,17-18H2,1-3H3,(H,27,31)(H,28,30)/t20-/m1/s1. The highest BCUT2D eigenvalue weighted by Gasteiger charge is 2.22. The highest BCUT2D eigenvalue weighted by molar-refractivity contribution is 7.88. The molecule has 0 bridgehead atoms. The van der Waals surface area contributed by atoms with Crippen molar-refractivity contribution >= 4 is 27.5 Å². The highest BCUT2D eigenvalue weighted by atomic mass is 32.2. The molecule has 0 spiro atoms. The van der Waals surface area contributed by atoms with Gasteiger partial charge in [-0.25, -0.2) is 8.42 Å². The van der Waals surface area contributed by atoms with Crippen molar-refractivity contribution in [2.45, 2.75) is 26.4 Å². The number of amides is 2. The molecule has 0 unspecified atom stereocenters. The summed E-state index contributed by atoms with van der Waals surface area (Å²) in [5, 5.41) is 5.63. The zero-order chi connectivity index (χ0) is 24.7. The third-order valence-electron chi connectivity index (χ3n) is 5.36. The molecule has 0 saturated carbocycles. The van der Waals surface area contributed by atoms with E-state index < -0.39 is 15.9 Å². The molecule has 8 heteroatoms. The van der Waals surface area contributed by atoms with Gasteiger partial charge in [0, 0.05) is 6.54 Å². The maximum atomic E-state index is 12.9. The number of nitrogens with one attached hydrogen (secondary N) is 2. The van der Waals surface area contributed by atoms with Crippen LogP contribution in [0.2, 0.25) is 0 Å². The third kappa shape index (κ3) is 7.00. The van der Waals surface area contributed by atoms with Crippen LogP contribution in [0.4, 0.5) is 5.69 Å². The van der Waals surface area contributed by atoms with Crippen molar-refractivity contribution in [3.05, 3.63) is 101 Å². The summed E-state index contributed by atoms with van der Waals surface area (Å²) in [6.45, 7) is 3.52. The molecule has 2 amide bonds. The van der Waals surface area contributed by atoms with E-state index in [1.165, 1.54) is 0 Å². The average Bonchev–Trinajstić information content (AvgIpc) is 2.80. The molecule has 0 aliphatic rings. The second kappa shape index (κ2) is 11.1. The summed E-state index contributed by atoms with van der Waals surface area (Å²) in [5.41, 5.74) is 3.40. The van der Waals surface area contributed by atoms with Crippen molar-refractivity contribution < 1.29 is 18.0 Å². The molecular formula is C26H29N3O4S. The lowest BCUT2D eigenvalue weighted by Gasteiger charge is -2.20. The number of hydrogen-bond donors (Lipinski definition) is 2. The Labute approximate surface area is 200 Å². The van der Waals surface area contributed by atoms with Gasteiger partial charge >= 0.3 is 0 Å². The second-order valence-corrected chi connectivity index (χ2v) is 10.2. The summed E-state index contributed by atoms with van der Waals surface area (Å²) in [6.07, 6.45) is 1.07. The fourth-order valence-corrected chi connectivity index (χ4v) is 4.16. The number of rotatable bonds is 9. The van der Waals surface area contributed by atoms with Gasteiger partial charge in [-0.3, -0.25) is 9.59 Å². The van der Waals surface area contributed by atoms with Crippen LogP contribution >= 0.6 is 0 Å². The molecule has 0 aliphatic carbocycles. The van der Waals surface area contributed by atoms with Crippen molar-refractivity contribution in [3.63, 3.8) is 0 Å². The minimum atomic E-state index is -3.64. The van der Waals surface area contributed by atoms with Crippen LogP contribution in [0.1, 0.15) is 40.0 Å². The topological polar surface area (TPSA) is 95.6 Å². The Morgan fingerprint density at radius 2 is 1.53 bits per heavy atom. The van der Waals surface area contributed by atoms with E-state index in [0.29, 0.717) is 11.3 Å². The van der Waals surface area contributed by atoms with E-state index in [1.807, 2.05) is 68.4 Å². The SMILES string of the molecule is Cc1ccc(CN(CC(=O)Nc2ccccc2C(=O)N[C@H](C)c2ccccc2)S(C)(=O)=O)cc1. The van der Waals surface area contributed by atoms with Crippen LogP contribution in [0.5, 0.6) is 0 Å². The number of aryl methyl sites for hydroxylation is 1. The Kier molecular flexibility index (Phi) is 8.20. The first-order valence-corrected chi connectivity index (χ1v) is 12.7. The van der Waals surface area contributed by atoms with Crippen molar-refractivity contribution in [2.75, 3.05) is 18.1 Å². The minimum absolute atomic E-state index is 0.0727. The lowest BCUT2D eigenvalue weighted by Crippen LogP contribution is -2.37. The molecule has 0 radical (unpaired) electrons. The summed E-state index contributed by atoms with van der Waals surface area (Å²) >= 11 is 0. The molecule has 7 nitrogen and oxygen atoms in total. The van der Waals surface area contributed by atoms with E-state index >= 15 is 0 Å². The number of carbonyl (C=O) groups excluding carboxylic acids is 2. The van der Waals surface area contributed by atoms with Crippen molar-refractivity contribution in [1.29, 1.82) is 0 Å². The quantitative estimate of drug-likeness (QED) is 0.487. The fraction of sp³-hybridized carbons (Fsp3) is 0.231. The van der Waals surface area contributed by atoms with E-state index in [0.717, 1.165) is 27.3 Å². The van der Waals surface area contributed by atoms with Gasteiger partial charge in [0.15, 0.2) is 0 Å². The monoisotopic (exact) mass is 479 g/mol. The maximum absolute atomic E-state index is 12.9. The largest absolute Gasteiger partial charge is 0.345 e. The van der Waals surface area contributed by atoms with Crippen LogP contribution in [0.15, 0.2) is 78.9 Å². The highest BCUT2D eigenvalue weighted by Crippen LogP contribution is 2.18. The van der Waals surface area contributed by atoms with Crippen molar-refractivity contribution in [2.24, 2.45) is 0 Å². The Balaban J connectivity index is 1.71. The summed E-state index contributed by atoms with van der Waals surface area (Å²) in [7, 11) is -3.64. The number of sulfonamides is 1. The van der Waals surface area contributed by atoms with E-state index in [9.17, 15) is 18.0 Å². The Hall–Kier alpha value is -3.49. The van der Waals surface area contributed by atoms with Gasteiger partial charge in [-0.15, -0.1) is 0 Å². The van der Waals surface area contributed by atoms with Gasteiger partial charge in [0.05, 0.1) is 30.1 Å². The Morgan fingerprint density at radius 3 is 2.18 bits per heavy atom. The summed E-state index contributed by atoms with van der Waals surface area (Å²) in [4.78, 5) is 25.7. The fourth-order valence-electron chi connectivity index (χ4n) is 3.43. The third-order valence-corrected chi connectivity index (χ3v) is 6.56. The first-order chi connectivity index (χ1) is 16.1. The van der Waals surface area contributed by atoms with Gasteiger partial charge in [-0.1, -0.05) is 72.3 Å². The van der Waals surface area contributed by atoms with Crippen LogP contribution < -0.4 is 10.6 Å². The van der Waals surface area contributed by atoms with Crippen molar-refractivity contribution in [1.82, 2.24) is 9.62 Å². The molecule has 2 N–H and O–H groups in total. The minimum Gasteiger partial charge on any atom is -0.345 e. The van der Waals surface area contributed by atoms with Gasteiger partial charge in [0.1, 0.15) is 0 Å². The van der Waals surface area contributed by atoms with Gasteiger partial charge < -0.3 is 10.6 Å². The average molecular weight is 480 g/mol. The smallest absolute Gasteiger partial charge is 0.253 e. The zero-order valence-corrected chi connectivity index (χ0v) is 20.3. The van der Waals surface area contributed by atoms with Gasteiger partial charge in [0.25, 0.3) is 5.91 Å². The van der Waals surface area contributed by atoms with E-state index in [4.69, 9.17) is 0 Å². The number of benzene rings is 3. The zero-order valence-electron chi connectivity index (χ0n) is 19.5. The number of nitrogens with zero attached hydrogens (tertiary/aromatic N) is 1. The van der Waals surface area contributed by atoms with Gasteiger partial charge in [-0.2, -0.15) is 4.31 Å². The molecule has 0 heterocycles. The molecule has 1 atom stereocenters. The summed E-state index contributed by atoms with van der Waals surface area (Å²) in [5.74, 6) is -0.874. The van der Waals surface area contributed by atoms with Crippen LogP contribution in [-0.2, 0) is 21.4 Å². The van der Waals surface area contributed by atoms with Crippen LogP contribution in [0.3, 0.4) is 0 Å². The molecule has 0 aliphatic heterocycles. The molecule has 34 heavy (non-hydrogen) atoms. The van der Waals surface area contributed by atoms with Crippen molar-refractivity contribution in [3.8, 4) is 0 Å². The lowest BCUT2D eigenvalue weighted by atomic mass is 10.1. The van der Waals surface area contributed by atoms with Gasteiger partial charge in [-0.05, 0) is 37.1 Å². The van der Waals surface area contributed by atoms with Gasteiger partial charge in [0.2, 0.25) is 15.9 Å². The molecule has 0 saturated heterocycles. The van der Waals surface area contributed by atoms with Crippen LogP contribution in [0, 0.1) is 6.92 Å². The predicted molar refractivity (Wildman–Crippen MR) is 134 cm³/mol. The predicted octanol–water partition coefficient (Wildman–Crippen LogP) is 3.89. The number of carbonyl (C=O) groups is 2. The Bertz CT molecular complexity index is 1240. The molecule has 3 aromatic rings. The Morgan fingerprint density at radius 1 is 0.912 bits per heavy atom.